The molecule has 15 heavy (non-hydrogen) atoms. The van der Waals surface area contributed by atoms with E-state index in [1.165, 1.54) is 5.56 Å². The summed E-state index contributed by atoms with van der Waals surface area (Å²) in [5.41, 5.74) is 1.33. The van der Waals surface area contributed by atoms with Crippen molar-refractivity contribution < 1.29 is 5.11 Å². The standard InChI is InChI=1S/C13H19BrO/c1-10(2)9-12(7-8-15)11-3-5-13(14)6-4-11/h3-6,10,12,15H,7-9H2,1-2H3. The number of halogens is 1. The van der Waals surface area contributed by atoms with Gasteiger partial charge >= 0.3 is 0 Å². The van der Waals surface area contributed by atoms with E-state index >= 15 is 0 Å². The molecule has 0 aliphatic rings. The van der Waals surface area contributed by atoms with Crippen LogP contribution in [0.2, 0.25) is 0 Å². The summed E-state index contributed by atoms with van der Waals surface area (Å²) in [5, 5.41) is 9.06. The molecule has 1 aromatic carbocycles. The molecule has 1 unspecified atom stereocenters. The van der Waals surface area contributed by atoms with E-state index < -0.39 is 0 Å². The lowest BCUT2D eigenvalue weighted by Gasteiger charge is -2.18. The molecule has 1 aromatic rings. The van der Waals surface area contributed by atoms with Gasteiger partial charge in [0.1, 0.15) is 0 Å². The molecule has 0 aromatic heterocycles. The second-order valence-electron chi connectivity index (χ2n) is 4.39. The van der Waals surface area contributed by atoms with Crippen LogP contribution in [0.15, 0.2) is 28.7 Å². The van der Waals surface area contributed by atoms with Gasteiger partial charge in [0.05, 0.1) is 0 Å². The van der Waals surface area contributed by atoms with Crippen LogP contribution in [0, 0.1) is 5.92 Å². The van der Waals surface area contributed by atoms with Crippen molar-refractivity contribution in [3.05, 3.63) is 34.3 Å². The number of rotatable bonds is 5. The van der Waals surface area contributed by atoms with Gasteiger partial charge in [-0.2, -0.15) is 0 Å². The predicted octanol–water partition coefficient (Wildman–Crippen LogP) is 3.96. The molecule has 0 radical (unpaired) electrons. The summed E-state index contributed by atoms with van der Waals surface area (Å²) in [5.74, 6) is 1.16. The van der Waals surface area contributed by atoms with Crippen molar-refractivity contribution in [1.29, 1.82) is 0 Å². The van der Waals surface area contributed by atoms with Crippen LogP contribution in [0.4, 0.5) is 0 Å². The molecule has 0 aliphatic carbocycles. The average molecular weight is 271 g/mol. The van der Waals surface area contributed by atoms with Crippen molar-refractivity contribution in [3.63, 3.8) is 0 Å². The lowest BCUT2D eigenvalue weighted by atomic mass is 9.88. The van der Waals surface area contributed by atoms with Gasteiger partial charge in [-0.15, -0.1) is 0 Å². The van der Waals surface area contributed by atoms with E-state index in [-0.39, 0.29) is 6.61 Å². The van der Waals surface area contributed by atoms with Gasteiger partial charge in [-0.05, 0) is 42.4 Å². The van der Waals surface area contributed by atoms with Crippen molar-refractivity contribution in [2.45, 2.75) is 32.6 Å². The second-order valence-corrected chi connectivity index (χ2v) is 5.31. The van der Waals surface area contributed by atoms with E-state index in [0.717, 1.165) is 17.3 Å². The zero-order chi connectivity index (χ0) is 11.3. The summed E-state index contributed by atoms with van der Waals surface area (Å²) in [4.78, 5) is 0. The van der Waals surface area contributed by atoms with Crippen LogP contribution in [0.25, 0.3) is 0 Å². The monoisotopic (exact) mass is 270 g/mol. The van der Waals surface area contributed by atoms with Crippen LogP contribution in [0.5, 0.6) is 0 Å². The molecule has 0 saturated carbocycles. The largest absolute Gasteiger partial charge is 0.396 e. The lowest BCUT2D eigenvalue weighted by molar-refractivity contribution is 0.267. The van der Waals surface area contributed by atoms with E-state index in [0.29, 0.717) is 11.8 Å². The quantitative estimate of drug-likeness (QED) is 0.859. The summed E-state index contributed by atoms with van der Waals surface area (Å²) in [6.07, 6.45) is 2.00. The van der Waals surface area contributed by atoms with E-state index in [1.54, 1.807) is 0 Å². The fourth-order valence-corrected chi connectivity index (χ4v) is 2.14. The van der Waals surface area contributed by atoms with E-state index in [2.05, 4.69) is 54.0 Å². The summed E-state index contributed by atoms with van der Waals surface area (Å²) in [6.45, 7) is 4.72. The number of benzene rings is 1. The normalized spacial score (nSPS) is 13.1. The summed E-state index contributed by atoms with van der Waals surface area (Å²) < 4.78 is 1.11. The zero-order valence-corrected chi connectivity index (χ0v) is 11.0. The lowest BCUT2D eigenvalue weighted by Crippen LogP contribution is -2.05. The zero-order valence-electron chi connectivity index (χ0n) is 9.41. The van der Waals surface area contributed by atoms with Crippen LogP contribution in [0.3, 0.4) is 0 Å². The Morgan fingerprint density at radius 2 is 1.80 bits per heavy atom. The van der Waals surface area contributed by atoms with Gasteiger partial charge in [0.25, 0.3) is 0 Å². The van der Waals surface area contributed by atoms with Gasteiger partial charge in [0.15, 0.2) is 0 Å². The molecule has 0 heterocycles. The molecule has 84 valence electrons. The minimum Gasteiger partial charge on any atom is -0.396 e. The first-order valence-corrected chi connectivity index (χ1v) is 6.29. The fourth-order valence-electron chi connectivity index (χ4n) is 1.88. The highest BCUT2D eigenvalue weighted by molar-refractivity contribution is 9.10. The topological polar surface area (TPSA) is 20.2 Å². The Kier molecular flexibility index (Phi) is 5.34. The molecule has 0 bridgehead atoms. The van der Waals surface area contributed by atoms with Gasteiger partial charge in [0.2, 0.25) is 0 Å². The Hall–Kier alpha value is -0.340. The number of aliphatic hydroxyl groups excluding tert-OH is 1. The van der Waals surface area contributed by atoms with E-state index in [4.69, 9.17) is 5.11 Å². The molecular formula is C13H19BrO. The molecule has 0 saturated heterocycles. The molecular weight excluding hydrogens is 252 g/mol. The molecule has 1 N–H and O–H groups in total. The fraction of sp³-hybridized carbons (Fsp3) is 0.538. The van der Waals surface area contributed by atoms with Crippen LogP contribution in [0.1, 0.15) is 38.2 Å². The van der Waals surface area contributed by atoms with Gasteiger partial charge in [-0.3, -0.25) is 0 Å². The maximum absolute atomic E-state index is 9.06. The SMILES string of the molecule is CC(C)CC(CCO)c1ccc(Br)cc1. The molecule has 2 heteroatoms. The van der Waals surface area contributed by atoms with Crippen molar-refractivity contribution in [2.75, 3.05) is 6.61 Å². The van der Waals surface area contributed by atoms with Gasteiger partial charge in [-0.25, -0.2) is 0 Å². The minimum atomic E-state index is 0.271. The molecule has 1 rings (SSSR count). The smallest absolute Gasteiger partial charge is 0.0436 e. The maximum atomic E-state index is 9.06. The van der Waals surface area contributed by atoms with Crippen LogP contribution >= 0.6 is 15.9 Å². The third kappa shape index (κ3) is 4.35. The highest BCUT2D eigenvalue weighted by Gasteiger charge is 2.12. The Morgan fingerprint density at radius 3 is 2.27 bits per heavy atom. The summed E-state index contributed by atoms with van der Waals surface area (Å²) in [7, 11) is 0. The first kappa shape index (κ1) is 12.7. The van der Waals surface area contributed by atoms with Crippen LogP contribution < -0.4 is 0 Å². The van der Waals surface area contributed by atoms with Crippen LogP contribution in [-0.4, -0.2) is 11.7 Å². The van der Waals surface area contributed by atoms with Crippen molar-refractivity contribution in [3.8, 4) is 0 Å². The third-order valence-electron chi connectivity index (χ3n) is 2.57. The molecule has 1 atom stereocenters. The van der Waals surface area contributed by atoms with Crippen molar-refractivity contribution >= 4 is 15.9 Å². The Balaban J connectivity index is 2.74. The first-order chi connectivity index (χ1) is 7.13. The van der Waals surface area contributed by atoms with Gasteiger partial charge in [0, 0.05) is 11.1 Å². The Labute approximate surface area is 101 Å². The maximum Gasteiger partial charge on any atom is 0.0436 e. The molecule has 1 nitrogen and oxygen atoms in total. The van der Waals surface area contributed by atoms with Gasteiger partial charge < -0.3 is 5.11 Å². The molecule has 0 fully saturated rings. The van der Waals surface area contributed by atoms with Crippen molar-refractivity contribution in [1.82, 2.24) is 0 Å². The second kappa shape index (κ2) is 6.29. The highest BCUT2D eigenvalue weighted by atomic mass is 79.9. The summed E-state index contributed by atoms with van der Waals surface area (Å²) in [6, 6.07) is 8.43. The number of hydrogen-bond donors (Lipinski definition) is 1. The molecule has 0 aliphatic heterocycles. The Bertz CT molecular complexity index is 279. The van der Waals surface area contributed by atoms with Crippen LogP contribution in [-0.2, 0) is 0 Å². The van der Waals surface area contributed by atoms with E-state index in [9.17, 15) is 0 Å². The number of hydrogen-bond acceptors (Lipinski definition) is 1. The first-order valence-electron chi connectivity index (χ1n) is 5.49. The Morgan fingerprint density at radius 1 is 1.20 bits per heavy atom. The third-order valence-corrected chi connectivity index (χ3v) is 3.10. The predicted molar refractivity (Wildman–Crippen MR) is 68.0 cm³/mol. The van der Waals surface area contributed by atoms with E-state index in [1.807, 2.05) is 0 Å². The van der Waals surface area contributed by atoms with Crippen molar-refractivity contribution in [2.24, 2.45) is 5.92 Å². The summed E-state index contributed by atoms with van der Waals surface area (Å²) >= 11 is 3.44. The molecule has 0 spiro atoms. The number of aliphatic hydroxyl groups is 1. The molecule has 0 amide bonds. The van der Waals surface area contributed by atoms with Gasteiger partial charge in [-0.1, -0.05) is 41.9 Å². The highest BCUT2D eigenvalue weighted by Crippen LogP contribution is 2.27. The average Bonchev–Trinajstić information content (AvgIpc) is 2.17. The minimum absolute atomic E-state index is 0.271.